The molecule has 1 spiro atoms. The van der Waals surface area contributed by atoms with Crippen LogP contribution in [0.4, 0.5) is 0 Å². The number of carbonyl (C=O) groups is 1. The van der Waals surface area contributed by atoms with E-state index < -0.39 is 11.8 Å². The van der Waals surface area contributed by atoms with Crippen LogP contribution in [0.5, 0.6) is 0 Å². The summed E-state index contributed by atoms with van der Waals surface area (Å²) in [5.74, 6) is -1.45. The molecule has 18 heavy (non-hydrogen) atoms. The summed E-state index contributed by atoms with van der Waals surface area (Å²) in [6, 6.07) is 0. The van der Waals surface area contributed by atoms with Crippen LogP contribution >= 0.6 is 0 Å². The van der Waals surface area contributed by atoms with Crippen molar-refractivity contribution in [2.75, 3.05) is 0 Å². The van der Waals surface area contributed by atoms with E-state index in [1.165, 1.54) is 6.42 Å². The first kappa shape index (κ1) is 13.3. The number of rotatable bonds is 3. The normalized spacial score (nSPS) is 31.6. The van der Waals surface area contributed by atoms with Crippen LogP contribution in [0.15, 0.2) is 24.3 Å². The van der Waals surface area contributed by atoms with E-state index in [0.29, 0.717) is 0 Å². The Hall–Kier alpha value is -1.13. The predicted molar refractivity (Wildman–Crippen MR) is 67.2 cm³/mol. The third kappa shape index (κ3) is 3.00. The Bertz CT molecular complexity index is 353. The minimum atomic E-state index is -0.956. The minimum absolute atomic E-state index is 0.177. The van der Waals surface area contributed by atoms with Gasteiger partial charge in [-0.3, -0.25) is 0 Å². The fourth-order valence-electron chi connectivity index (χ4n) is 2.65. The summed E-state index contributed by atoms with van der Waals surface area (Å²) in [6.07, 6.45) is 11.3. The predicted octanol–water partition coefficient (Wildman–Crippen LogP) is 2.65. The molecule has 2 aliphatic rings. The van der Waals surface area contributed by atoms with Crippen LogP contribution in [0.1, 0.15) is 39.0 Å². The van der Waals surface area contributed by atoms with E-state index in [2.05, 4.69) is 0 Å². The summed E-state index contributed by atoms with van der Waals surface area (Å²) < 4.78 is 12.0. The van der Waals surface area contributed by atoms with Gasteiger partial charge in [0.15, 0.2) is 5.79 Å². The second-order valence-electron chi connectivity index (χ2n) is 4.86. The molecule has 0 amide bonds. The Kier molecular flexibility index (Phi) is 4.19. The van der Waals surface area contributed by atoms with Crippen molar-refractivity contribution in [2.45, 2.75) is 57.0 Å². The lowest BCUT2D eigenvalue weighted by molar-refractivity contribution is -0.188. The molecule has 2 rings (SSSR count). The lowest BCUT2D eigenvalue weighted by Crippen LogP contribution is -2.33. The van der Waals surface area contributed by atoms with Gasteiger partial charge in [0.1, 0.15) is 12.2 Å². The molecule has 100 valence electrons. The summed E-state index contributed by atoms with van der Waals surface area (Å²) in [6.45, 7) is 1.92. The second-order valence-corrected chi connectivity index (χ2v) is 4.86. The maximum absolute atomic E-state index is 10.6. The average Bonchev–Trinajstić information content (AvgIpc) is 2.66. The van der Waals surface area contributed by atoms with Crippen molar-refractivity contribution in [2.24, 2.45) is 0 Å². The molecule has 0 bridgehead atoms. The summed E-state index contributed by atoms with van der Waals surface area (Å²) in [7, 11) is 0. The molecular formula is C14H20O4. The summed E-state index contributed by atoms with van der Waals surface area (Å²) in [5, 5.41) is 8.69. The van der Waals surface area contributed by atoms with Gasteiger partial charge in [0.2, 0.25) is 0 Å². The fourth-order valence-corrected chi connectivity index (χ4v) is 2.65. The maximum Gasteiger partial charge on any atom is 0.328 e. The quantitative estimate of drug-likeness (QED) is 0.619. The monoisotopic (exact) mass is 252 g/mol. The first-order chi connectivity index (χ1) is 8.65. The summed E-state index contributed by atoms with van der Waals surface area (Å²) in [5.41, 5.74) is 0. The highest BCUT2D eigenvalue weighted by Crippen LogP contribution is 2.41. The smallest absolute Gasteiger partial charge is 0.328 e. The number of hydrogen-bond donors (Lipinski definition) is 1. The molecule has 4 heteroatoms. The van der Waals surface area contributed by atoms with Gasteiger partial charge in [-0.25, -0.2) is 4.79 Å². The minimum Gasteiger partial charge on any atom is -0.478 e. The van der Waals surface area contributed by atoms with E-state index in [9.17, 15) is 4.79 Å². The number of carboxylic acids is 1. The highest BCUT2D eigenvalue weighted by molar-refractivity contribution is 5.79. The number of allylic oxidation sites excluding steroid dienone is 1. The largest absolute Gasteiger partial charge is 0.478 e. The molecular weight excluding hydrogens is 232 g/mol. The summed E-state index contributed by atoms with van der Waals surface area (Å²) in [4.78, 5) is 10.6. The van der Waals surface area contributed by atoms with E-state index in [1.807, 2.05) is 19.1 Å². The third-order valence-corrected chi connectivity index (χ3v) is 3.45. The molecule has 0 aromatic carbocycles. The number of ether oxygens (including phenoxy) is 2. The molecule has 4 nitrogen and oxygen atoms in total. The Morgan fingerprint density at radius 3 is 2.33 bits per heavy atom. The molecule has 1 N–H and O–H groups in total. The van der Waals surface area contributed by atoms with Gasteiger partial charge in [0.25, 0.3) is 0 Å². The Labute approximate surface area is 107 Å². The van der Waals surface area contributed by atoms with Crippen molar-refractivity contribution in [3.05, 3.63) is 24.3 Å². The zero-order chi connectivity index (χ0) is 13.0. The maximum atomic E-state index is 10.6. The molecule has 1 aliphatic heterocycles. The molecule has 0 radical (unpaired) electrons. The third-order valence-electron chi connectivity index (χ3n) is 3.45. The lowest BCUT2D eigenvalue weighted by Gasteiger charge is -2.31. The molecule has 2 atom stereocenters. The van der Waals surface area contributed by atoms with Crippen molar-refractivity contribution >= 4 is 5.97 Å². The van der Waals surface area contributed by atoms with Gasteiger partial charge >= 0.3 is 5.97 Å². The molecule has 1 heterocycles. The van der Waals surface area contributed by atoms with Gasteiger partial charge in [-0.2, -0.15) is 0 Å². The Balaban J connectivity index is 2.09. The van der Waals surface area contributed by atoms with E-state index in [-0.39, 0.29) is 12.2 Å². The van der Waals surface area contributed by atoms with Crippen LogP contribution in [0.2, 0.25) is 0 Å². The molecule has 2 fully saturated rings. The van der Waals surface area contributed by atoms with Gasteiger partial charge < -0.3 is 14.6 Å². The van der Waals surface area contributed by atoms with Crippen molar-refractivity contribution in [1.29, 1.82) is 0 Å². The topological polar surface area (TPSA) is 55.8 Å². The van der Waals surface area contributed by atoms with Crippen molar-refractivity contribution in [3.8, 4) is 0 Å². The van der Waals surface area contributed by atoms with Crippen LogP contribution in [0.3, 0.4) is 0 Å². The molecule has 1 aliphatic carbocycles. The van der Waals surface area contributed by atoms with Crippen molar-refractivity contribution in [3.63, 3.8) is 0 Å². The fraction of sp³-hybridized carbons (Fsp3) is 0.643. The van der Waals surface area contributed by atoms with Gasteiger partial charge in [-0.1, -0.05) is 18.6 Å². The van der Waals surface area contributed by atoms with E-state index >= 15 is 0 Å². The zero-order valence-electron chi connectivity index (χ0n) is 10.7. The standard InChI is InChI=1S/C14H20O4/c1-2-6-11-12(7-8-13(15)16)18-14(17-11)9-4-3-5-10-14/h2,6-8,11-12H,3-5,9-10H2,1H3,(H,15,16)/b6-2+,8-7+/t11-,12-/m0/s1. The van der Waals surface area contributed by atoms with Gasteiger partial charge in [0, 0.05) is 18.9 Å². The molecule has 1 saturated carbocycles. The summed E-state index contributed by atoms with van der Waals surface area (Å²) >= 11 is 0. The van der Waals surface area contributed by atoms with Crippen molar-refractivity contribution < 1.29 is 19.4 Å². The zero-order valence-corrected chi connectivity index (χ0v) is 10.7. The van der Waals surface area contributed by atoms with Crippen LogP contribution in [-0.4, -0.2) is 29.1 Å². The van der Waals surface area contributed by atoms with Gasteiger partial charge in [-0.15, -0.1) is 0 Å². The SMILES string of the molecule is C/C=C/[C@@H]1OC2(CCCCC2)O[C@H]1/C=C/C(=O)O. The first-order valence-corrected chi connectivity index (χ1v) is 6.55. The van der Waals surface area contributed by atoms with E-state index in [0.717, 1.165) is 31.8 Å². The Morgan fingerprint density at radius 2 is 1.78 bits per heavy atom. The molecule has 0 unspecified atom stereocenters. The van der Waals surface area contributed by atoms with Gasteiger partial charge in [-0.05, 0) is 25.8 Å². The van der Waals surface area contributed by atoms with Crippen LogP contribution < -0.4 is 0 Å². The van der Waals surface area contributed by atoms with Crippen LogP contribution in [0.25, 0.3) is 0 Å². The van der Waals surface area contributed by atoms with Crippen LogP contribution in [-0.2, 0) is 14.3 Å². The highest BCUT2D eigenvalue weighted by Gasteiger charge is 2.46. The van der Waals surface area contributed by atoms with Crippen LogP contribution in [0, 0.1) is 0 Å². The molecule has 0 aromatic heterocycles. The highest BCUT2D eigenvalue weighted by atomic mass is 16.8. The van der Waals surface area contributed by atoms with Crippen molar-refractivity contribution in [1.82, 2.24) is 0 Å². The lowest BCUT2D eigenvalue weighted by atomic mass is 9.94. The van der Waals surface area contributed by atoms with E-state index in [4.69, 9.17) is 14.6 Å². The number of hydrogen-bond acceptors (Lipinski definition) is 3. The first-order valence-electron chi connectivity index (χ1n) is 6.55. The number of aliphatic carboxylic acids is 1. The Morgan fingerprint density at radius 1 is 1.17 bits per heavy atom. The molecule has 0 aromatic rings. The van der Waals surface area contributed by atoms with Gasteiger partial charge in [0.05, 0.1) is 0 Å². The molecule has 1 saturated heterocycles. The number of carboxylic acid groups (broad SMARTS) is 1. The second kappa shape index (κ2) is 5.67. The average molecular weight is 252 g/mol. The van der Waals surface area contributed by atoms with E-state index in [1.54, 1.807) is 6.08 Å².